The average Bonchev–Trinajstić information content (AvgIpc) is 3.66. The van der Waals surface area contributed by atoms with Crippen molar-refractivity contribution in [3.8, 4) is 11.5 Å². The summed E-state index contributed by atoms with van der Waals surface area (Å²) in [6.45, 7) is 6.41. The van der Waals surface area contributed by atoms with Crippen LogP contribution >= 0.6 is 11.6 Å². The molecule has 1 aliphatic carbocycles. The first-order chi connectivity index (χ1) is 25.4. The van der Waals surface area contributed by atoms with Crippen LogP contribution in [-0.4, -0.2) is 82.8 Å². The minimum atomic E-state index is -4.95. The molecular weight excluding hydrogens is 733 g/mol. The van der Waals surface area contributed by atoms with Crippen molar-refractivity contribution in [2.24, 2.45) is 5.92 Å². The Morgan fingerprint density at radius 3 is 2.57 bits per heavy atom. The molecule has 6 atom stereocenters. The Hall–Kier alpha value is -4.27. The van der Waals surface area contributed by atoms with E-state index in [9.17, 15) is 32.3 Å². The number of alkyl halides is 4. The van der Waals surface area contributed by atoms with Gasteiger partial charge in [-0.25, -0.2) is 14.6 Å². The van der Waals surface area contributed by atoms with Crippen molar-refractivity contribution in [2.45, 2.75) is 119 Å². The minimum Gasteiger partial charge on any atom is -0.497 e. The molecule has 2 aromatic rings. The molecule has 6 rings (SSSR count). The maximum atomic E-state index is 14.7. The molecular formula is C38H46ClF3N4O8. The predicted octanol–water partition coefficient (Wildman–Crippen LogP) is 6.52. The summed E-state index contributed by atoms with van der Waals surface area (Å²) in [6.07, 6.45) is 0.888. The first-order valence-corrected chi connectivity index (χ1v) is 18.7. The van der Waals surface area contributed by atoms with Gasteiger partial charge in [-0.3, -0.25) is 9.59 Å². The van der Waals surface area contributed by atoms with E-state index in [1.165, 1.54) is 30.2 Å². The van der Waals surface area contributed by atoms with Gasteiger partial charge in [-0.05, 0) is 71.6 Å². The fraction of sp³-hybridized carbons (Fsp3) is 0.605. The number of esters is 1. The normalized spacial score (nSPS) is 29.4. The highest BCUT2D eigenvalue weighted by Gasteiger charge is 2.63. The summed E-state index contributed by atoms with van der Waals surface area (Å²) in [7, 11) is 1.42. The highest BCUT2D eigenvalue weighted by atomic mass is 35.5. The predicted molar refractivity (Wildman–Crippen MR) is 191 cm³/mol. The maximum Gasteiger partial charge on any atom is 0.437 e. The number of allylic oxidation sites excluding steroid dienone is 1. The zero-order valence-electron chi connectivity index (χ0n) is 30.9. The van der Waals surface area contributed by atoms with E-state index in [0.717, 1.165) is 6.42 Å². The summed E-state index contributed by atoms with van der Waals surface area (Å²) in [5, 5.41) is 4.77. The SMILES string of the molecule is CCOC(=O)[C@@]12C[C@H]1/C=C\CCCCC[C@H](NC(=O)OC(C)(C)C)C(=O)N1C[C@@]3(CC(Cl)c4c(c(C(F)(F)F)nc5ccc(OC)cc45)O3)C[C@H]1C(=O)N2. The highest BCUT2D eigenvalue weighted by molar-refractivity contribution is 6.22. The Morgan fingerprint density at radius 1 is 1.13 bits per heavy atom. The van der Waals surface area contributed by atoms with Crippen molar-refractivity contribution in [1.82, 2.24) is 20.5 Å². The summed E-state index contributed by atoms with van der Waals surface area (Å²) in [5.74, 6) is -2.57. The van der Waals surface area contributed by atoms with Crippen molar-refractivity contribution in [3.05, 3.63) is 41.6 Å². The smallest absolute Gasteiger partial charge is 0.437 e. The number of hydrogen-bond acceptors (Lipinski definition) is 9. The molecule has 0 bridgehead atoms. The summed E-state index contributed by atoms with van der Waals surface area (Å²) >= 11 is 7.02. The molecule has 16 heteroatoms. The van der Waals surface area contributed by atoms with Crippen LogP contribution in [0.1, 0.15) is 95.7 Å². The zero-order valence-corrected chi connectivity index (χ0v) is 31.7. The Bertz CT molecular complexity index is 1850. The number of ether oxygens (including phenoxy) is 4. The molecule has 1 spiro atoms. The van der Waals surface area contributed by atoms with Crippen LogP contribution in [0.4, 0.5) is 18.0 Å². The molecule has 54 heavy (non-hydrogen) atoms. The Morgan fingerprint density at radius 2 is 1.89 bits per heavy atom. The number of pyridine rings is 1. The van der Waals surface area contributed by atoms with Crippen LogP contribution in [0.15, 0.2) is 30.4 Å². The quantitative estimate of drug-likeness (QED) is 0.202. The first-order valence-electron chi connectivity index (χ1n) is 18.3. The molecule has 0 radical (unpaired) electrons. The summed E-state index contributed by atoms with van der Waals surface area (Å²) in [5.41, 5.74) is -5.04. The standard InChI is InChI=1S/C38H46ClF3N4O8/c1-6-52-33(49)37-17-21(37)12-10-8-7-9-11-13-26(44-34(50)54-35(2,3)4)32(48)46-20-36(19-27(46)31(47)45-37)18-24(39)28-23-16-22(51-5)14-15-25(23)43-30(29(28)53-36)38(40,41)42/h10,12,14-16,21,24,26-27H,6-9,11,13,17-20H2,1-5H3,(H,44,50)(H,45,47)/b12-10-/t21-,24?,26+,27+,36-,37-/m1/s1. The number of alkyl carbamates (subject to hydrolysis) is 1. The average molecular weight is 779 g/mol. The van der Waals surface area contributed by atoms with Gasteiger partial charge >= 0.3 is 18.2 Å². The molecule has 4 aliphatic rings. The van der Waals surface area contributed by atoms with Gasteiger partial charge in [-0.2, -0.15) is 13.2 Å². The number of methoxy groups -OCH3 is 1. The van der Waals surface area contributed by atoms with Crippen LogP contribution in [0, 0.1) is 5.92 Å². The van der Waals surface area contributed by atoms with Crippen molar-refractivity contribution in [3.63, 3.8) is 0 Å². The molecule has 3 amide bonds. The maximum absolute atomic E-state index is 14.7. The number of hydrogen-bond donors (Lipinski definition) is 2. The summed E-state index contributed by atoms with van der Waals surface area (Å²) in [6, 6.07) is 1.97. The van der Waals surface area contributed by atoms with Crippen LogP contribution in [0.3, 0.4) is 0 Å². The minimum absolute atomic E-state index is 0.0362. The number of nitrogens with zero attached hydrogens (tertiary/aromatic N) is 2. The van der Waals surface area contributed by atoms with E-state index < -0.39 is 75.7 Å². The Balaban J connectivity index is 1.43. The van der Waals surface area contributed by atoms with E-state index in [-0.39, 0.29) is 55.8 Å². The number of rotatable bonds is 4. The van der Waals surface area contributed by atoms with E-state index in [0.29, 0.717) is 30.4 Å². The van der Waals surface area contributed by atoms with Crippen LogP contribution in [0.5, 0.6) is 11.5 Å². The Kier molecular flexibility index (Phi) is 10.8. The number of fused-ring (bicyclic) bond motifs is 5. The number of amides is 3. The van der Waals surface area contributed by atoms with E-state index in [4.69, 9.17) is 30.5 Å². The van der Waals surface area contributed by atoms with Gasteiger partial charge in [0.1, 0.15) is 34.6 Å². The fourth-order valence-corrected chi connectivity index (χ4v) is 8.27. The van der Waals surface area contributed by atoms with Crippen molar-refractivity contribution < 1.29 is 51.3 Å². The monoisotopic (exact) mass is 778 g/mol. The number of carbonyl (C=O) groups excluding carboxylic acids is 4. The van der Waals surface area contributed by atoms with Gasteiger partial charge in [0.2, 0.25) is 11.8 Å². The molecule has 1 aromatic carbocycles. The third-order valence-corrected chi connectivity index (χ3v) is 10.7. The van der Waals surface area contributed by atoms with Crippen molar-refractivity contribution >= 4 is 46.4 Å². The number of carbonyl (C=O) groups is 4. The lowest BCUT2D eigenvalue weighted by atomic mass is 9.86. The van der Waals surface area contributed by atoms with E-state index in [1.54, 1.807) is 27.7 Å². The fourth-order valence-electron chi connectivity index (χ4n) is 7.77. The zero-order chi connectivity index (χ0) is 39.2. The highest BCUT2D eigenvalue weighted by Crippen LogP contribution is 2.54. The van der Waals surface area contributed by atoms with Crippen molar-refractivity contribution in [1.29, 1.82) is 0 Å². The summed E-state index contributed by atoms with van der Waals surface area (Å²) < 4.78 is 66.7. The first kappa shape index (κ1) is 39.4. The molecule has 294 valence electrons. The molecule has 2 N–H and O–H groups in total. The van der Waals surface area contributed by atoms with Gasteiger partial charge in [0, 0.05) is 29.7 Å². The number of halogens is 4. The molecule has 1 saturated carbocycles. The lowest BCUT2D eigenvalue weighted by Crippen LogP contribution is -2.57. The largest absolute Gasteiger partial charge is 0.497 e. The topological polar surface area (TPSA) is 145 Å². The second-order valence-electron chi connectivity index (χ2n) is 15.5. The van der Waals surface area contributed by atoms with Gasteiger partial charge in [0.15, 0.2) is 11.4 Å². The molecule has 2 fully saturated rings. The van der Waals surface area contributed by atoms with Gasteiger partial charge in [-0.15, -0.1) is 11.6 Å². The van der Waals surface area contributed by atoms with E-state index in [2.05, 4.69) is 15.6 Å². The number of aromatic nitrogens is 1. The second-order valence-corrected chi connectivity index (χ2v) is 16.0. The lowest BCUT2D eigenvalue weighted by molar-refractivity contribution is -0.150. The Labute approximate surface area is 316 Å². The molecule has 1 saturated heterocycles. The molecule has 1 aromatic heterocycles. The van der Waals surface area contributed by atoms with Crippen LogP contribution in [-0.2, 0) is 30.0 Å². The van der Waals surface area contributed by atoms with Gasteiger partial charge in [0.05, 0.1) is 31.2 Å². The number of benzene rings is 1. The third-order valence-electron chi connectivity index (χ3n) is 10.3. The molecule has 3 aliphatic heterocycles. The summed E-state index contributed by atoms with van der Waals surface area (Å²) in [4.78, 5) is 60.6. The van der Waals surface area contributed by atoms with Crippen molar-refractivity contribution in [2.75, 3.05) is 20.3 Å². The molecule has 4 heterocycles. The second kappa shape index (κ2) is 14.8. The van der Waals surface area contributed by atoms with Gasteiger partial charge in [0.25, 0.3) is 0 Å². The molecule has 12 nitrogen and oxygen atoms in total. The molecule has 1 unspecified atom stereocenters. The van der Waals surface area contributed by atoms with E-state index in [1.807, 2.05) is 12.2 Å². The van der Waals surface area contributed by atoms with E-state index >= 15 is 0 Å². The third kappa shape index (κ3) is 7.92. The van der Waals surface area contributed by atoms with Crippen LogP contribution < -0.4 is 20.1 Å². The van der Waals surface area contributed by atoms with Gasteiger partial charge < -0.3 is 34.5 Å². The van der Waals surface area contributed by atoms with Gasteiger partial charge in [-0.1, -0.05) is 25.0 Å². The van der Waals surface area contributed by atoms with Crippen LogP contribution in [0.25, 0.3) is 10.9 Å². The number of nitrogens with one attached hydrogen (secondary N) is 2. The van der Waals surface area contributed by atoms with Crippen LogP contribution in [0.2, 0.25) is 0 Å². The lowest BCUT2D eigenvalue weighted by Gasteiger charge is -2.39.